The number of carbonyl (C=O) groups is 2. The van der Waals surface area contributed by atoms with E-state index in [-0.39, 0.29) is 24.2 Å². The van der Waals surface area contributed by atoms with Crippen LogP contribution in [0.25, 0.3) is 0 Å². The molecule has 1 aromatic rings. The molecule has 0 atom stereocenters. The normalized spacial score (nSPS) is 14.8. The van der Waals surface area contributed by atoms with E-state index in [0.29, 0.717) is 23.6 Å². The fraction of sp³-hybridized carbons (Fsp3) is 0.500. The van der Waals surface area contributed by atoms with Gasteiger partial charge in [0.25, 0.3) is 5.91 Å². The van der Waals surface area contributed by atoms with Crippen molar-refractivity contribution in [2.24, 2.45) is 5.92 Å². The zero-order valence-electron chi connectivity index (χ0n) is 12.9. The lowest BCUT2D eigenvalue weighted by atomic mass is 9.93. The molecule has 122 valence electrons. The van der Waals surface area contributed by atoms with Crippen molar-refractivity contribution in [3.8, 4) is 0 Å². The second kappa shape index (κ2) is 9.43. The van der Waals surface area contributed by atoms with Gasteiger partial charge in [0.2, 0.25) is 5.91 Å². The number of hydrogen-bond donors (Lipinski definition) is 3. The molecule has 0 bridgehead atoms. The minimum absolute atomic E-state index is 0. The number of amides is 2. The van der Waals surface area contributed by atoms with Gasteiger partial charge in [0.05, 0.1) is 11.3 Å². The van der Waals surface area contributed by atoms with Gasteiger partial charge < -0.3 is 16.0 Å². The number of nitrogens with one attached hydrogen (secondary N) is 3. The highest BCUT2D eigenvalue weighted by Crippen LogP contribution is 2.19. The molecule has 0 spiro atoms. The summed E-state index contributed by atoms with van der Waals surface area (Å²) in [4.78, 5) is 23.8. The van der Waals surface area contributed by atoms with Gasteiger partial charge in [-0.1, -0.05) is 12.1 Å². The van der Waals surface area contributed by atoms with E-state index in [2.05, 4.69) is 16.0 Å². The fourth-order valence-corrected chi connectivity index (χ4v) is 2.64. The molecular formula is C16H24ClN3O2. The first-order valence-corrected chi connectivity index (χ1v) is 7.52. The van der Waals surface area contributed by atoms with Crippen LogP contribution in [0.1, 0.15) is 36.0 Å². The minimum atomic E-state index is -0.191. The van der Waals surface area contributed by atoms with Crippen LogP contribution in [0.3, 0.4) is 0 Å². The van der Waals surface area contributed by atoms with Crippen LogP contribution in [0.4, 0.5) is 5.69 Å². The molecule has 3 N–H and O–H groups in total. The number of benzene rings is 1. The maximum absolute atomic E-state index is 12.1. The van der Waals surface area contributed by atoms with Crippen molar-refractivity contribution in [3.05, 3.63) is 29.8 Å². The first kappa shape index (κ1) is 18.5. The van der Waals surface area contributed by atoms with Gasteiger partial charge in [-0.25, -0.2) is 0 Å². The molecule has 0 aromatic heterocycles. The molecule has 6 heteroatoms. The molecule has 2 rings (SSSR count). The van der Waals surface area contributed by atoms with E-state index in [4.69, 9.17) is 0 Å². The smallest absolute Gasteiger partial charge is 0.253 e. The topological polar surface area (TPSA) is 70.2 Å². The quantitative estimate of drug-likeness (QED) is 0.777. The molecule has 0 unspecified atom stereocenters. The van der Waals surface area contributed by atoms with Crippen LogP contribution in [0.15, 0.2) is 24.3 Å². The third kappa shape index (κ3) is 5.31. The van der Waals surface area contributed by atoms with Crippen LogP contribution in [0.5, 0.6) is 0 Å². The third-order valence-electron chi connectivity index (χ3n) is 3.91. The van der Waals surface area contributed by atoms with E-state index >= 15 is 0 Å². The van der Waals surface area contributed by atoms with Gasteiger partial charge in [0.1, 0.15) is 0 Å². The highest BCUT2D eigenvalue weighted by molar-refractivity contribution is 6.03. The van der Waals surface area contributed by atoms with Gasteiger partial charge >= 0.3 is 0 Å². The summed E-state index contributed by atoms with van der Waals surface area (Å²) in [5.74, 6) is 0.417. The summed E-state index contributed by atoms with van der Waals surface area (Å²) in [6, 6.07) is 7.07. The molecule has 1 aliphatic heterocycles. The molecule has 1 aliphatic rings. The Labute approximate surface area is 137 Å². The number of piperidine rings is 1. The van der Waals surface area contributed by atoms with E-state index in [9.17, 15) is 9.59 Å². The number of hydrogen-bond acceptors (Lipinski definition) is 3. The standard InChI is InChI=1S/C16H23N3O2.ClH/c1-17-16(21)13-4-2-3-5-14(13)19-15(20)7-6-12-8-10-18-11-9-12;/h2-5,12,18H,6-11H2,1H3,(H,17,21)(H,19,20);1H. The zero-order valence-corrected chi connectivity index (χ0v) is 13.7. The second-order valence-corrected chi connectivity index (χ2v) is 5.40. The molecule has 0 saturated carbocycles. The Hall–Kier alpha value is -1.59. The molecule has 2 amide bonds. The zero-order chi connectivity index (χ0) is 15.1. The van der Waals surface area contributed by atoms with Gasteiger partial charge in [-0.3, -0.25) is 9.59 Å². The molecule has 1 heterocycles. The molecule has 0 aliphatic carbocycles. The second-order valence-electron chi connectivity index (χ2n) is 5.40. The van der Waals surface area contributed by atoms with Crippen LogP contribution in [0, 0.1) is 5.92 Å². The van der Waals surface area contributed by atoms with Crippen molar-refractivity contribution in [2.45, 2.75) is 25.7 Å². The number of para-hydroxylation sites is 1. The van der Waals surface area contributed by atoms with Crippen LogP contribution in [0.2, 0.25) is 0 Å². The summed E-state index contributed by atoms with van der Waals surface area (Å²) in [6.45, 7) is 2.09. The first-order valence-electron chi connectivity index (χ1n) is 7.52. The van der Waals surface area contributed by atoms with E-state index in [1.807, 2.05) is 6.07 Å². The maximum Gasteiger partial charge on any atom is 0.253 e. The summed E-state index contributed by atoms with van der Waals surface area (Å²) >= 11 is 0. The SMILES string of the molecule is CNC(=O)c1ccccc1NC(=O)CCC1CCNCC1.Cl. The lowest BCUT2D eigenvalue weighted by Gasteiger charge is -2.22. The molecule has 22 heavy (non-hydrogen) atoms. The van der Waals surface area contributed by atoms with Gasteiger partial charge in [0, 0.05) is 13.5 Å². The van der Waals surface area contributed by atoms with Gasteiger partial charge in [0.15, 0.2) is 0 Å². The van der Waals surface area contributed by atoms with Crippen LogP contribution >= 0.6 is 12.4 Å². The lowest BCUT2D eigenvalue weighted by molar-refractivity contribution is -0.116. The van der Waals surface area contributed by atoms with E-state index in [1.165, 1.54) is 0 Å². The maximum atomic E-state index is 12.1. The van der Waals surface area contributed by atoms with Gasteiger partial charge in [-0.15, -0.1) is 12.4 Å². The highest BCUT2D eigenvalue weighted by atomic mass is 35.5. The molecular weight excluding hydrogens is 302 g/mol. The minimum Gasteiger partial charge on any atom is -0.355 e. The first-order chi connectivity index (χ1) is 10.2. The third-order valence-corrected chi connectivity index (χ3v) is 3.91. The Morgan fingerprint density at radius 2 is 1.91 bits per heavy atom. The largest absolute Gasteiger partial charge is 0.355 e. The van der Waals surface area contributed by atoms with Crippen molar-refractivity contribution < 1.29 is 9.59 Å². The average molecular weight is 326 g/mol. The molecule has 5 nitrogen and oxygen atoms in total. The Morgan fingerprint density at radius 1 is 1.23 bits per heavy atom. The Balaban J connectivity index is 0.00000242. The summed E-state index contributed by atoms with van der Waals surface area (Å²) < 4.78 is 0. The molecule has 0 radical (unpaired) electrons. The summed E-state index contributed by atoms with van der Waals surface area (Å²) in [6.07, 6.45) is 3.70. The van der Waals surface area contributed by atoms with Crippen molar-refractivity contribution in [1.29, 1.82) is 0 Å². The Bertz CT molecular complexity index is 502. The van der Waals surface area contributed by atoms with Crippen molar-refractivity contribution in [1.82, 2.24) is 10.6 Å². The molecule has 1 saturated heterocycles. The van der Waals surface area contributed by atoms with Crippen molar-refractivity contribution in [3.63, 3.8) is 0 Å². The predicted molar refractivity (Wildman–Crippen MR) is 90.5 cm³/mol. The number of carbonyl (C=O) groups excluding carboxylic acids is 2. The lowest BCUT2D eigenvalue weighted by Crippen LogP contribution is -2.28. The van der Waals surface area contributed by atoms with Crippen LogP contribution in [-0.4, -0.2) is 32.0 Å². The fourth-order valence-electron chi connectivity index (χ4n) is 2.64. The average Bonchev–Trinajstić information content (AvgIpc) is 2.54. The molecule has 1 fully saturated rings. The predicted octanol–water partition coefficient (Wildman–Crippen LogP) is 2.19. The van der Waals surface area contributed by atoms with Gasteiger partial charge in [-0.2, -0.15) is 0 Å². The summed E-state index contributed by atoms with van der Waals surface area (Å²) in [5, 5.41) is 8.75. The van der Waals surface area contributed by atoms with Crippen LogP contribution < -0.4 is 16.0 Å². The number of rotatable bonds is 5. The van der Waals surface area contributed by atoms with Crippen molar-refractivity contribution in [2.75, 3.05) is 25.5 Å². The van der Waals surface area contributed by atoms with Crippen molar-refractivity contribution >= 4 is 29.9 Å². The number of anilines is 1. The van der Waals surface area contributed by atoms with Gasteiger partial charge in [-0.05, 0) is 50.4 Å². The number of halogens is 1. The highest BCUT2D eigenvalue weighted by Gasteiger charge is 2.16. The molecule has 1 aromatic carbocycles. The van der Waals surface area contributed by atoms with Crippen LogP contribution in [-0.2, 0) is 4.79 Å². The summed E-state index contributed by atoms with van der Waals surface area (Å²) in [5.41, 5.74) is 1.07. The summed E-state index contributed by atoms with van der Waals surface area (Å²) in [7, 11) is 1.58. The Morgan fingerprint density at radius 3 is 2.59 bits per heavy atom. The monoisotopic (exact) mass is 325 g/mol. The van der Waals surface area contributed by atoms with E-state index in [1.54, 1.807) is 25.2 Å². The van der Waals surface area contributed by atoms with E-state index in [0.717, 1.165) is 32.4 Å². The Kier molecular flexibility index (Phi) is 7.91. The van der Waals surface area contributed by atoms with E-state index < -0.39 is 0 Å².